The van der Waals surface area contributed by atoms with Crippen molar-refractivity contribution >= 4 is 37.5 Å². The van der Waals surface area contributed by atoms with E-state index in [2.05, 4.69) is 32.5 Å². The second-order valence-corrected chi connectivity index (χ2v) is 7.79. The summed E-state index contributed by atoms with van der Waals surface area (Å²) in [6.45, 7) is 5.22. The van der Waals surface area contributed by atoms with E-state index in [-0.39, 0.29) is 12.1 Å². The van der Waals surface area contributed by atoms with E-state index in [0.717, 1.165) is 22.2 Å². The molecule has 5 nitrogen and oxygen atoms in total. The quantitative estimate of drug-likeness (QED) is 0.692. The minimum atomic E-state index is -4.08. The maximum atomic E-state index is 13.9. The fraction of sp³-hybridized carbons (Fsp3) is 0.118. The Balaban J connectivity index is 2.30. The van der Waals surface area contributed by atoms with Crippen LogP contribution in [0.5, 0.6) is 0 Å². The number of aryl methyl sites for hydroxylation is 1. The van der Waals surface area contributed by atoms with Crippen LogP contribution in [0.2, 0.25) is 0 Å². The summed E-state index contributed by atoms with van der Waals surface area (Å²) < 4.78 is 41.2. The molecule has 2 N–H and O–H groups in total. The standard InChI is InChI=1S/C17H16BrFN2O3S/c1-3-8-20-25(23,24)16-10-12(4-7-15(16)19)17(22)21-13-5-6-14(18)11(2)9-13/h3-7,9-10,20H,1,8H2,2H3,(H,21,22). The van der Waals surface area contributed by atoms with Crippen LogP contribution in [0.15, 0.2) is 58.4 Å². The van der Waals surface area contributed by atoms with E-state index >= 15 is 0 Å². The highest BCUT2D eigenvalue weighted by molar-refractivity contribution is 9.10. The first-order valence-electron chi connectivity index (χ1n) is 7.22. The molecule has 0 bridgehead atoms. The van der Waals surface area contributed by atoms with Crippen LogP contribution in [-0.2, 0) is 10.0 Å². The predicted octanol–water partition coefficient (Wildman–Crippen LogP) is 3.61. The van der Waals surface area contributed by atoms with Crippen LogP contribution < -0.4 is 10.0 Å². The maximum Gasteiger partial charge on any atom is 0.255 e. The minimum Gasteiger partial charge on any atom is -0.322 e. The summed E-state index contributed by atoms with van der Waals surface area (Å²) in [6, 6.07) is 8.41. The average Bonchev–Trinajstić information content (AvgIpc) is 2.56. The van der Waals surface area contributed by atoms with Crippen LogP contribution in [0.4, 0.5) is 10.1 Å². The molecule has 0 fully saturated rings. The number of nitrogens with one attached hydrogen (secondary N) is 2. The van der Waals surface area contributed by atoms with Gasteiger partial charge in [0.25, 0.3) is 5.91 Å². The SMILES string of the molecule is C=CCNS(=O)(=O)c1cc(C(=O)Nc2ccc(Br)c(C)c2)ccc1F. The van der Waals surface area contributed by atoms with Crippen LogP contribution in [0.25, 0.3) is 0 Å². The smallest absolute Gasteiger partial charge is 0.255 e. The fourth-order valence-electron chi connectivity index (χ4n) is 2.02. The molecule has 0 atom stereocenters. The minimum absolute atomic E-state index is 0.0287. The lowest BCUT2D eigenvalue weighted by molar-refractivity contribution is 0.102. The summed E-state index contributed by atoms with van der Waals surface area (Å²) in [5.74, 6) is -1.48. The lowest BCUT2D eigenvalue weighted by atomic mass is 10.2. The number of halogens is 2. The van der Waals surface area contributed by atoms with Gasteiger partial charge in [-0.25, -0.2) is 17.5 Å². The second kappa shape index (κ2) is 7.90. The molecule has 0 saturated carbocycles. The number of rotatable bonds is 6. The van der Waals surface area contributed by atoms with Gasteiger partial charge in [0.1, 0.15) is 10.7 Å². The highest BCUT2D eigenvalue weighted by Crippen LogP contribution is 2.21. The molecule has 0 aromatic heterocycles. The molecule has 1 amide bonds. The Morgan fingerprint density at radius 1 is 1.28 bits per heavy atom. The normalized spacial score (nSPS) is 11.2. The molecule has 8 heteroatoms. The zero-order chi connectivity index (χ0) is 18.6. The Hall–Kier alpha value is -2.03. The van der Waals surface area contributed by atoms with Gasteiger partial charge in [-0.2, -0.15) is 0 Å². The van der Waals surface area contributed by atoms with Crippen molar-refractivity contribution in [2.75, 3.05) is 11.9 Å². The summed E-state index contributed by atoms with van der Waals surface area (Å²) in [5, 5.41) is 2.65. The van der Waals surface area contributed by atoms with Crippen LogP contribution in [0.3, 0.4) is 0 Å². The van der Waals surface area contributed by atoms with E-state index < -0.39 is 26.6 Å². The molecule has 0 aliphatic rings. The Bertz CT molecular complexity index is 929. The van der Waals surface area contributed by atoms with Crippen molar-refractivity contribution in [3.63, 3.8) is 0 Å². The number of carbonyl (C=O) groups is 1. The van der Waals surface area contributed by atoms with Crippen LogP contribution in [0.1, 0.15) is 15.9 Å². The molecule has 2 rings (SSSR count). The highest BCUT2D eigenvalue weighted by Gasteiger charge is 2.20. The van der Waals surface area contributed by atoms with Gasteiger partial charge in [-0.3, -0.25) is 4.79 Å². The third kappa shape index (κ3) is 4.75. The molecule has 0 radical (unpaired) electrons. The topological polar surface area (TPSA) is 75.3 Å². The molecular formula is C17H16BrFN2O3S. The van der Waals surface area contributed by atoms with Crippen molar-refractivity contribution in [3.05, 3.63) is 70.5 Å². The van der Waals surface area contributed by atoms with Crippen LogP contribution in [-0.4, -0.2) is 20.9 Å². The van der Waals surface area contributed by atoms with Gasteiger partial charge in [0, 0.05) is 22.3 Å². The summed E-state index contributed by atoms with van der Waals surface area (Å²) in [5.41, 5.74) is 1.50. The lowest BCUT2D eigenvalue weighted by Crippen LogP contribution is -2.25. The zero-order valence-corrected chi connectivity index (χ0v) is 15.7. The first-order valence-corrected chi connectivity index (χ1v) is 9.50. The fourth-order valence-corrected chi connectivity index (χ4v) is 3.37. The number of hydrogen-bond donors (Lipinski definition) is 2. The van der Waals surface area contributed by atoms with E-state index in [4.69, 9.17) is 0 Å². The van der Waals surface area contributed by atoms with Crippen LogP contribution >= 0.6 is 15.9 Å². The van der Waals surface area contributed by atoms with E-state index in [9.17, 15) is 17.6 Å². The second-order valence-electron chi connectivity index (χ2n) is 5.20. The van der Waals surface area contributed by atoms with Crippen molar-refractivity contribution in [1.29, 1.82) is 0 Å². The van der Waals surface area contributed by atoms with E-state index in [0.29, 0.717) is 5.69 Å². The summed E-state index contributed by atoms with van der Waals surface area (Å²) in [7, 11) is -4.08. The Morgan fingerprint density at radius 2 is 2.00 bits per heavy atom. The number of anilines is 1. The van der Waals surface area contributed by atoms with Gasteiger partial charge in [0.15, 0.2) is 0 Å². The number of benzene rings is 2. The van der Waals surface area contributed by atoms with Gasteiger partial charge in [-0.1, -0.05) is 22.0 Å². The number of sulfonamides is 1. The van der Waals surface area contributed by atoms with Gasteiger partial charge in [0.2, 0.25) is 10.0 Å². The first kappa shape index (κ1) is 19.3. The van der Waals surface area contributed by atoms with Crippen molar-refractivity contribution in [2.24, 2.45) is 0 Å². The lowest BCUT2D eigenvalue weighted by Gasteiger charge is -2.10. The molecule has 2 aromatic carbocycles. The number of amides is 1. The zero-order valence-electron chi connectivity index (χ0n) is 13.3. The molecular weight excluding hydrogens is 411 g/mol. The largest absolute Gasteiger partial charge is 0.322 e. The van der Waals surface area contributed by atoms with Crippen molar-refractivity contribution in [2.45, 2.75) is 11.8 Å². The molecule has 0 heterocycles. The van der Waals surface area contributed by atoms with Crippen molar-refractivity contribution in [3.8, 4) is 0 Å². The average molecular weight is 427 g/mol. The molecule has 0 unspecified atom stereocenters. The van der Waals surface area contributed by atoms with Gasteiger partial charge in [0.05, 0.1) is 0 Å². The summed E-state index contributed by atoms with van der Waals surface area (Å²) in [4.78, 5) is 11.7. The Labute approximate surface area is 154 Å². The van der Waals surface area contributed by atoms with Crippen LogP contribution in [0, 0.1) is 12.7 Å². The van der Waals surface area contributed by atoms with E-state index in [1.165, 1.54) is 12.1 Å². The highest BCUT2D eigenvalue weighted by atomic mass is 79.9. The Kier molecular flexibility index (Phi) is 6.10. The Morgan fingerprint density at radius 3 is 2.64 bits per heavy atom. The first-order chi connectivity index (χ1) is 11.7. The monoisotopic (exact) mass is 426 g/mol. The molecule has 132 valence electrons. The molecule has 0 spiro atoms. The van der Waals surface area contributed by atoms with E-state index in [1.807, 2.05) is 6.92 Å². The van der Waals surface area contributed by atoms with Gasteiger partial charge in [-0.05, 0) is 48.9 Å². The third-order valence-electron chi connectivity index (χ3n) is 3.32. The number of hydrogen-bond acceptors (Lipinski definition) is 3. The van der Waals surface area contributed by atoms with Crippen molar-refractivity contribution < 1.29 is 17.6 Å². The molecule has 2 aromatic rings. The van der Waals surface area contributed by atoms with Gasteiger partial charge >= 0.3 is 0 Å². The van der Waals surface area contributed by atoms with Gasteiger partial charge in [-0.15, -0.1) is 6.58 Å². The number of carbonyl (C=O) groups excluding carboxylic acids is 1. The van der Waals surface area contributed by atoms with Gasteiger partial charge < -0.3 is 5.32 Å². The molecule has 0 aliphatic heterocycles. The summed E-state index contributed by atoms with van der Waals surface area (Å²) >= 11 is 3.37. The molecule has 0 aliphatic carbocycles. The van der Waals surface area contributed by atoms with Crippen molar-refractivity contribution in [1.82, 2.24) is 4.72 Å². The molecule has 0 saturated heterocycles. The summed E-state index contributed by atoms with van der Waals surface area (Å²) in [6.07, 6.45) is 1.34. The predicted molar refractivity (Wildman–Crippen MR) is 98.6 cm³/mol. The molecule has 25 heavy (non-hydrogen) atoms. The maximum absolute atomic E-state index is 13.9. The van der Waals surface area contributed by atoms with E-state index in [1.54, 1.807) is 18.2 Å². The third-order valence-corrected chi connectivity index (χ3v) is 5.64.